The summed E-state index contributed by atoms with van der Waals surface area (Å²) in [7, 11) is 0. The molecule has 0 aromatic heterocycles. The molecule has 1 fully saturated rings. The average Bonchev–Trinajstić information content (AvgIpc) is 2.40. The van der Waals surface area contributed by atoms with E-state index in [0.29, 0.717) is 12.2 Å². The van der Waals surface area contributed by atoms with Gasteiger partial charge in [-0.15, -0.1) is 11.8 Å². The largest absolute Gasteiger partial charge is 0.377 e. The van der Waals surface area contributed by atoms with Crippen molar-refractivity contribution in [1.29, 1.82) is 0 Å². The number of benzene rings is 1. The quantitative estimate of drug-likeness (QED) is 0.649. The highest BCUT2D eigenvalue weighted by atomic mass is 32.2. The maximum atomic E-state index is 10.6. The molecule has 0 unspecified atom stereocenters. The van der Waals surface area contributed by atoms with Gasteiger partial charge >= 0.3 is 0 Å². The van der Waals surface area contributed by atoms with E-state index < -0.39 is 0 Å². The Bertz CT molecular complexity index is 424. The predicted octanol–water partition coefficient (Wildman–Crippen LogP) is 1.53. The molecule has 2 rings (SSSR count). The molecule has 3 nitrogen and oxygen atoms in total. The molecule has 1 aliphatic heterocycles. The van der Waals surface area contributed by atoms with Crippen LogP contribution in [0.2, 0.25) is 0 Å². The summed E-state index contributed by atoms with van der Waals surface area (Å²) >= 11 is 1.75. The van der Waals surface area contributed by atoms with Crippen LogP contribution in [0, 0.1) is 0 Å². The fourth-order valence-corrected chi connectivity index (χ4v) is 2.32. The molecule has 1 aromatic rings. The Hall–Kier alpha value is -1.22. The zero-order valence-electron chi connectivity index (χ0n) is 9.90. The van der Waals surface area contributed by atoms with E-state index in [0.717, 1.165) is 19.6 Å². The van der Waals surface area contributed by atoms with Gasteiger partial charge in [-0.2, -0.15) is 0 Å². The summed E-state index contributed by atoms with van der Waals surface area (Å²) < 4.78 is 0. The Morgan fingerprint density at radius 2 is 2.18 bits per heavy atom. The molecule has 90 valence electrons. The van der Waals surface area contributed by atoms with Crippen LogP contribution in [0.1, 0.15) is 5.56 Å². The number of carbonyl (C=O) groups excluding carboxylic acids is 1. The van der Waals surface area contributed by atoms with Gasteiger partial charge in [-0.3, -0.25) is 4.90 Å². The fourth-order valence-electron chi connectivity index (χ4n) is 1.92. The van der Waals surface area contributed by atoms with Crippen LogP contribution >= 0.6 is 11.8 Å². The molecule has 1 saturated heterocycles. The summed E-state index contributed by atoms with van der Waals surface area (Å²) in [5.74, 6) is 1.95. The van der Waals surface area contributed by atoms with E-state index in [9.17, 15) is 4.79 Å². The third kappa shape index (κ3) is 3.37. The molecule has 17 heavy (non-hydrogen) atoms. The standard InChI is InChI=1S/C13H16N2OS/c1-17-13-4-2-11(3-5-13)8-15-7-6-14-12(9-15)10-16/h2-5,14H,6-9H2,1H3. The smallest absolute Gasteiger partial charge is 0.146 e. The van der Waals surface area contributed by atoms with Crippen LogP contribution in [0.3, 0.4) is 0 Å². The number of nitrogens with one attached hydrogen (secondary N) is 1. The predicted molar refractivity (Wildman–Crippen MR) is 70.7 cm³/mol. The van der Waals surface area contributed by atoms with E-state index in [1.807, 2.05) is 5.94 Å². The molecule has 0 saturated carbocycles. The van der Waals surface area contributed by atoms with Crippen LogP contribution in [-0.4, -0.2) is 36.7 Å². The zero-order valence-corrected chi connectivity index (χ0v) is 10.7. The molecule has 0 amide bonds. The molecule has 4 heteroatoms. The second-order valence-electron chi connectivity index (χ2n) is 4.07. The first-order chi connectivity index (χ1) is 8.31. The second-order valence-corrected chi connectivity index (χ2v) is 4.95. The van der Waals surface area contributed by atoms with Crippen LogP contribution in [-0.2, 0) is 11.3 Å². The van der Waals surface area contributed by atoms with Gasteiger partial charge in [-0.25, -0.2) is 4.79 Å². The van der Waals surface area contributed by atoms with Gasteiger partial charge in [0.15, 0.2) is 0 Å². The van der Waals surface area contributed by atoms with Gasteiger partial charge in [0, 0.05) is 31.1 Å². The lowest BCUT2D eigenvalue weighted by molar-refractivity contribution is 0.260. The Morgan fingerprint density at radius 3 is 2.82 bits per heavy atom. The number of thioether (sulfide) groups is 1. The molecule has 1 N–H and O–H groups in total. The minimum absolute atomic E-state index is 0.664. The second kappa shape index (κ2) is 5.92. The van der Waals surface area contributed by atoms with Gasteiger partial charge in [0.2, 0.25) is 0 Å². The molecule has 1 aromatic carbocycles. The highest BCUT2D eigenvalue weighted by Crippen LogP contribution is 2.16. The van der Waals surface area contributed by atoms with Gasteiger partial charge in [0.25, 0.3) is 0 Å². The topological polar surface area (TPSA) is 32.3 Å². The van der Waals surface area contributed by atoms with Crippen LogP contribution in [0.15, 0.2) is 34.9 Å². The van der Waals surface area contributed by atoms with Gasteiger partial charge in [-0.1, -0.05) is 12.1 Å². The molecule has 1 aliphatic rings. The van der Waals surface area contributed by atoms with Crippen molar-refractivity contribution in [2.24, 2.45) is 0 Å². The van der Waals surface area contributed by atoms with Crippen molar-refractivity contribution in [3.8, 4) is 0 Å². The van der Waals surface area contributed by atoms with Crippen molar-refractivity contribution < 1.29 is 4.79 Å². The summed E-state index contributed by atoms with van der Waals surface area (Å²) in [6.45, 7) is 3.36. The molecule has 0 aliphatic carbocycles. The molecule has 0 bridgehead atoms. The Labute approximate surface area is 106 Å². The van der Waals surface area contributed by atoms with Crippen LogP contribution in [0.4, 0.5) is 0 Å². The highest BCUT2D eigenvalue weighted by Gasteiger charge is 2.14. The SMILES string of the molecule is CSc1ccc(CN2CCNC(=C=O)C2)cc1. The number of nitrogens with zero attached hydrogens (tertiary/aromatic N) is 1. The molecule has 1 heterocycles. The van der Waals surface area contributed by atoms with E-state index in [1.54, 1.807) is 11.8 Å². The van der Waals surface area contributed by atoms with E-state index in [4.69, 9.17) is 0 Å². The summed E-state index contributed by atoms with van der Waals surface area (Å²) in [6.07, 6.45) is 2.08. The monoisotopic (exact) mass is 248 g/mol. The van der Waals surface area contributed by atoms with Crippen molar-refractivity contribution in [2.45, 2.75) is 11.4 Å². The zero-order chi connectivity index (χ0) is 12.1. The van der Waals surface area contributed by atoms with E-state index >= 15 is 0 Å². The van der Waals surface area contributed by atoms with Gasteiger partial charge in [-0.05, 0) is 24.0 Å². The van der Waals surface area contributed by atoms with Crippen LogP contribution in [0.25, 0.3) is 0 Å². The lowest BCUT2D eigenvalue weighted by Crippen LogP contribution is -2.41. The molecular weight excluding hydrogens is 232 g/mol. The van der Waals surface area contributed by atoms with E-state index in [1.165, 1.54) is 10.5 Å². The third-order valence-corrected chi connectivity index (χ3v) is 3.58. The summed E-state index contributed by atoms with van der Waals surface area (Å²) in [4.78, 5) is 14.1. The minimum Gasteiger partial charge on any atom is -0.377 e. The summed E-state index contributed by atoms with van der Waals surface area (Å²) in [5.41, 5.74) is 1.95. The van der Waals surface area contributed by atoms with Gasteiger partial charge in [0.05, 0.1) is 0 Å². The number of hydrogen-bond donors (Lipinski definition) is 1. The first-order valence-electron chi connectivity index (χ1n) is 5.65. The Kier molecular flexibility index (Phi) is 4.26. The first kappa shape index (κ1) is 12.2. The Balaban J connectivity index is 1.97. The fraction of sp³-hybridized carbons (Fsp3) is 0.385. The number of hydrogen-bond acceptors (Lipinski definition) is 4. The maximum Gasteiger partial charge on any atom is 0.146 e. The lowest BCUT2D eigenvalue weighted by Gasteiger charge is -2.28. The molecular formula is C13H16N2OS. The molecule has 0 spiro atoms. The normalized spacial score (nSPS) is 16.4. The lowest BCUT2D eigenvalue weighted by atomic mass is 10.2. The van der Waals surface area contributed by atoms with Crippen molar-refractivity contribution in [1.82, 2.24) is 10.2 Å². The third-order valence-electron chi connectivity index (χ3n) is 2.84. The van der Waals surface area contributed by atoms with Crippen molar-refractivity contribution in [3.63, 3.8) is 0 Å². The Morgan fingerprint density at radius 1 is 1.41 bits per heavy atom. The number of rotatable bonds is 3. The van der Waals surface area contributed by atoms with Crippen molar-refractivity contribution >= 4 is 17.7 Å². The highest BCUT2D eigenvalue weighted by molar-refractivity contribution is 7.98. The summed E-state index contributed by atoms with van der Waals surface area (Å²) in [5, 5.41) is 3.05. The summed E-state index contributed by atoms with van der Waals surface area (Å²) in [6, 6.07) is 8.58. The minimum atomic E-state index is 0.664. The first-order valence-corrected chi connectivity index (χ1v) is 6.87. The van der Waals surface area contributed by atoms with Crippen molar-refractivity contribution in [2.75, 3.05) is 25.9 Å². The van der Waals surface area contributed by atoms with E-state index in [-0.39, 0.29) is 0 Å². The van der Waals surface area contributed by atoms with Gasteiger partial charge in [0.1, 0.15) is 11.6 Å². The number of piperazine rings is 1. The average molecular weight is 248 g/mol. The maximum absolute atomic E-state index is 10.6. The molecule has 0 radical (unpaired) electrons. The van der Waals surface area contributed by atoms with Crippen molar-refractivity contribution in [3.05, 3.63) is 35.5 Å². The van der Waals surface area contributed by atoms with Crippen LogP contribution in [0.5, 0.6) is 0 Å². The van der Waals surface area contributed by atoms with E-state index in [2.05, 4.69) is 40.7 Å². The molecule has 0 atom stereocenters. The van der Waals surface area contributed by atoms with Gasteiger partial charge < -0.3 is 5.32 Å². The van der Waals surface area contributed by atoms with Crippen LogP contribution < -0.4 is 5.32 Å².